The Balaban J connectivity index is 1.26. The number of fused-ring (bicyclic) bond motifs is 4. The van der Waals surface area contributed by atoms with Gasteiger partial charge in [-0.2, -0.15) is 0 Å². The molecule has 0 bridgehead atoms. The van der Waals surface area contributed by atoms with Crippen LogP contribution in [0, 0.1) is 13.8 Å². The molecule has 0 N–H and O–H groups in total. The van der Waals surface area contributed by atoms with E-state index in [2.05, 4.69) is 30.9 Å². The van der Waals surface area contributed by atoms with Crippen molar-refractivity contribution in [1.29, 1.82) is 0 Å². The Morgan fingerprint density at radius 3 is 2.59 bits per heavy atom. The molecule has 0 radical (unpaired) electrons. The number of benzene rings is 3. The highest BCUT2D eigenvalue weighted by molar-refractivity contribution is 7.22. The lowest BCUT2D eigenvalue weighted by molar-refractivity contribution is 0.0742. The minimum absolute atomic E-state index is 0.0865. The summed E-state index contributed by atoms with van der Waals surface area (Å²) in [6.45, 7) is 6.60. The molecule has 0 aliphatic carbocycles. The van der Waals surface area contributed by atoms with E-state index < -0.39 is 5.63 Å². The van der Waals surface area contributed by atoms with E-state index in [4.69, 9.17) is 9.40 Å². The van der Waals surface area contributed by atoms with E-state index in [1.807, 2.05) is 30.3 Å². The van der Waals surface area contributed by atoms with Crippen molar-refractivity contribution in [2.24, 2.45) is 0 Å². The molecule has 1 aliphatic heterocycles. The number of anilines is 1. The lowest BCUT2D eigenvalue weighted by Crippen LogP contribution is -2.49. The second-order valence-electron chi connectivity index (χ2n) is 8.85. The van der Waals surface area contributed by atoms with Crippen LogP contribution in [0.25, 0.3) is 32.0 Å². The van der Waals surface area contributed by atoms with Gasteiger partial charge in [0.1, 0.15) is 11.1 Å². The molecule has 170 valence electrons. The monoisotopic (exact) mass is 469 g/mol. The van der Waals surface area contributed by atoms with Crippen LogP contribution in [0.3, 0.4) is 0 Å². The zero-order valence-electron chi connectivity index (χ0n) is 19.0. The van der Waals surface area contributed by atoms with E-state index in [0.29, 0.717) is 31.8 Å². The van der Waals surface area contributed by atoms with Crippen molar-refractivity contribution < 1.29 is 9.21 Å². The number of carbonyl (C=O) groups excluding carboxylic acids is 1. The second-order valence-corrected chi connectivity index (χ2v) is 9.83. The van der Waals surface area contributed by atoms with Crippen LogP contribution < -0.4 is 10.5 Å². The quantitative estimate of drug-likeness (QED) is 0.265. The molecule has 0 unspecified atom stereocenters. The Hall–Kier alpha value is -3.71. The average molecular weight is 470 g/mol. The van der Waals surface area contributed by atoms with Crippen molar-refractivity contribution >= 4 is 54.3 Å². The molecular formula is C27H23N3O3S. The van der Waals surface area contributed by atoms with Gasteiger partial charge in [0.2, 0.25) is 0 Å². The fraction of sp³-hybridized carbons (Fsp3) is 0.222. The highest BCUT2D eigenvalue weighted by Gasteiger charge is 2.26. The second kappa shape index (κ2) is 7.95. The van der Waals surface area contributed by atoms with E-state index in [-0.39, 0.29) is 11.5 Å². The lowest BCUT2D eigenvalue weighted by Gasteiger charge is -2.34. The third-order valence-electron chi connectivity index (χ3n) is 6.52. The van der Waals surface area contributed by atoms with E-state index in [1.165, 1.54) is 15.8 Å². The number of thiazole rings is 1. The molecule has 2 aromatic heterocycles. The van der Waals surface area contributed by atoms with Crippen molar-refractivity contribution in [3.05, 3.63) is 81.7 Å². The van der Waals surface area contributed by atoms with E-state index in [9.17, 15) is 9.59 Å². The SMILES string of the molecule is Cc1cc(C)c2sc(N3CCN(C(=O)c4cc5c(ccc6ccccc65)oc4=O)CC3)nc2c1. The summed E-state index contributed by atoms with van der Waals surface area (Å²) in [4.78, 5) is 34.8. The highest BCUT2D eigenvalue weighted by Crippen LogP contribution is 2.32. The molecule has 1 aliphatic rings. The summed E-state index contributed by atoms with van der Waals surface area (Å²) < 4.78 is 6.74. The van der Waals surface area contributed by atoms with Gasteiger partial charge < -0.3 is 14.2 Å². The van der Waals surface area contributed by atoms with Gasteiger partial charge in [-0.05, 0) is 53.9 Å². The van der Waals surface area contributed by atoms with Crippen molar-refractivity contribution in [3.8, 4) is 0 Å². The third kappa shape index (κ3) is 3.44. The molecule has 1 fully saturated rings. The summed E-state index contributed by atoms with van der Waals surface area (Å²) >= 11 is 1.70. The van der Waals surface area contributed by atoms with Crippen molar-refractivity contribution in [3.63, 3.8) is 0 Å². The lowest BCUT2D eigenvalue weighted by atomic mass is 10.0. The summed E-state index contributed by atoms with van der Waals surface area (Å²) in [6.07, 6.45) is 0. The average Bonchev–Trinajstić information content (AvgIpc) is 3.28. The van der Waals surface area contributed by atoms with Gasteiger partial charge in [-0.1, -0.05) is 47.7 Å². The van der Waals surface area contributed by atoms with Crippen LogP contribution >= 0.6 is 11.3 Å². The van der Waals surface area contributed by atoms with Gasteiger partial charge in [0.25, 0.3) is 5.91 Å². The Bertz CT molecular complexity index is 1640. The molecule has 7 heteroatoms. The number of aryl methyl sites for hydroxylation is 2. The van der Waals surface area contributed by atoms with Crippen LogP contribution in [0.2, 0.25) is 0 Å². The molecular weight excluding hydrogens is 446 g/mol. The van der Waals surface area contributed by atoms with Crippen LogP contribution in [0.4, 0.5) is 5.13 Å². The highest BCUT2D eigenvalue weighted by atomic mass is 32.1. The Morgan fingerprint density at radius 2 is 1.76 bits per heavy atom. The zero-order chi connectivity index (χ0) is 23.4. The fourth-order valence-electron chi connectivity index (χ4n) is 4.79. The molecule has 3 heterocycles. The van der Waals surface area contributed by atoms with Gasteiger partial charge in [0.05, 0.1) is 10.2 Å². The predicted molar refractivity (Wildman–Crippen MR) is 137 cm³/mol. The first-order valence-corrected chi connectivity index (χ1v) is 12.2. The molecule has 1 saturated heterocycles. The normalized spacial score (nSPS) is 14.4. The van der Waals surface area contributed by atoms with Crippen molar-refractivity contribution in [1.82, 2.24) is 9.88 Å². The van der Waals surface area contributed by atoms with Gasteiger partial charge in [0.15, 0.2) is 5.13 Å². The van der Waals surface area contributed by atoms with Gasteiger partial charge in [0, 0.05) is 31.6 Å². The Morgan fingerprint density at radius 1 is 0.971 bits per heavy atom. The van der Waals surface area contributed by atoms with Crippen molar-refractivity contribution in [2.75, 3.05) is 31.1 Å². The predicted octanol–water partition coefficient (Wildman–Crippen LogP) is 5.14. The minimum atomic E-state index is -0.591. The van der Waals surface area contributed by atoms with Gasteiger partial charge in [-0.15, -0.1) is 0 Å². The number of piperazine rings is 1. The van der Waals surface area contributed by atoms with E-state index in [1.54, 1.807) is 28.4 Å². The zero-order valence-corrected chi connectivity index (χ0v) is 19.8. The smallest absolute Gasteiger partial charge is 0.349 e. The number of nitrogens with zero attached hydrogens (tertiary/aromatic N) is 3. The summed E-state index contributed by atoms with van der Waals surface area (Å²) in [7, 11) is 0. The van der Waals surface area contributed by atoms with E-state index in [0.717, 1.165) is 26.8 Å². The summed E-state index contributed by atoms with van der Waals surface area (Å²) in [5.74, 6) is -0.279. The topological polar surface area (TPSA) is 66.7 Å². The first-order valence-electron chi connectivity index (χ1n) is 11.4. The van der Waals surface area contributed by atoms with Crippen LogP contribution in [0.5, 0.6) is 0 Å². The van der Waals surface area contributed by atoms with Gasteiger partial charge >= 0.3 is 5.63 Å². The molecule has 6 nitrogen and oxygen atoms in total. The largest absolute Gasteiger partial charge is 0.422 e. The standard InChI is InChI=1S/C27H23N3O3S/c1-16-13-17(2)24-22(14-16)28-27(34-24)30-11-9-29(10-12-30)25(31)21-15-20-19-6-4-3-5-18(19)7-8-23(20)33-26(21)32/h3-8,13-15H,9-12H2,1-2H3. The first-order chi connectivity index (χ1) is 16.5. The molecule has 0 atom stereocenters. The molecule has 3 aromatic carbocycles. The van der Waals surface area contributed by atoms with Crippen LogP contribution in [0.15, 0.2) is 63.8 Å². The molecule has 1 amide bonds. The molecule has 6 rings (SSSR count). The van der Waals surface area contributed by atoms with Gasteiger partial charge in [-0.25, -0.2) is 9.78 Å². The number of rotatable bonds is 2. The minimum Gasteiger partial charge on any atom is -0.422 e. The van der Waals surface area contributed by atoms with Crippen molar-refractivity contribution in [2.45, 2.75) is 13.8 Å². The maximum atomic E-state index is 13.3. The number of hydrogen-bond donors (Lipinski definition) is 0. The maximum Gasteiger partial charge on any atom is 0.349 e. The summed E-state index contributed by atoms with van der Waals surface area (Å²) in [6, 6.07) is 17.6. The summed E-state index contributed by atoms with van der Waals surface area (Å²) in [5, 5.41) is 3.76. The van der Waals surface area contributed by atoms with Crippen LogP contribution in [-0.2, 0) is 0 Å². The fourth-order valence-corrected chi connectivity index (χ4v) is 5.86. The molecule has 5 aromatic rings. The molecule has 0 spiro atoms. The Labute approximate surface area is 200 Å². The first kappa shape index (κ1) is 20.9. The number of amides is 1. The maximum absolute atomic E-state index is 13.3. The molecule has 0 saturated carbocycles. The van der Waals surface area contributed by atoms with Gasteiger partial charge in [-0.3, -0.25) is 4.79 Å². The molecule has 34 heavy (non-hydrogen) atoms. The number of carbonyl (C=O) groups is 1. The van der Waals surface area contributed by atoms with E-state index >= 15 is 0 Å². The van der Waals surface area contributed by atoms with Crippen LogP contribution in [0.1, 0.15) is 21.5 Å². The summed E-state index contributed by atoms with van der Waals surface area (Å²) in [5.41, 5.74) is 3.46. The Kier molecular flexibility index (Phi) is 4.88. The van der Waals surface area contributed by atoms with Crippen LogP contribution in [-0.4, -0.2) is 42.0 Å². The third-order valence-corrected chi connectivity index (χ3v) is 7.79. The number of aromatic nitrogens is 1. The number of hydrogen-bond acceptors (Lipinski definition) is 6.